The maximum atomic E-state index is 6.54. The van der Waals surface area contributed by atoms with Gasteiger partial charge in [0.05, 0.1) is 9.21 Å². The average molecular weight is 158 g/mol. The predicted molar refractivity (Wildman–Crippen MR) is 39.6 cm³/mol. The molecule has 0 saturated heterocycles. The molecule has 0 unspecified atom stereocenters. The van der Waals surface area contributed by atoms with Crippen LogP contribution in [-0.2, 0) is 6.54 Å². The Hall–Kier alpha value is -0.520. The molecule has 1 aromatic heterocycles. The summed E-state index contributed by atoms with van der Waals surface area (Å²) in [5, 5.41) is 0. The third-order valence-corrected chi connectivity index (χ3v) is 2.08. The van der Waals surface area contributed by atoms with Gasteiger partial charge in [0.1, 0.15) is 0 Å². The second-order valence-corrected chi connectivity index (χ2v) is 3.32. The lowest BCUT2D eigenvalue weighted by molar-refractivity contribution is 1.34. The fourth-order valence-electron chi connectivity index (χ4n) is 0.515. The van der Waals surface area contributed by atoms with Crippen LogP contribution in [0.4, 0.5) is 0 Å². The lowest BCUT2D eigenvalue weighted by Crippen LogP contribution is -1.63. The highest BCUT2D eigenvalue weighted by molar-refractivity contribution is 7.16. The first-order chi connectivity index (χ1) is 4.33. The molecule has 46 valence electrons. The number of hydrogen-bond acceptors (Lipinski definition) is 1. The van der Waals surface area contributed by atoms with E-state index in [2.05, 4.69) is 4.85 Å². The van der Waals surface area contributed by atoms with Crippen LogP contribution in [0.25, 0.3) is 4.85 Å². The first-order valence-electron chi connectivity index (χ1n) is 2.40. The zero-order valence-corrected chi connectivity index (χ0v) is 6.17. The number of rotatable bonds is 1. The van der Waals surface area contributed by atoms with Crippen LogP contribution in [0.5, 0.6) is 0 Å². The fourth-order valence-corrected chi connectivity index (χ4v) is 1.53. The third kappa shape index (κ3) is 1.70. The molecule has 0 fully saturated rings. The molecule has 0 aliphatic heterocycles. The van der Waals surface area contributed by atoms with E-state index < -0.39 is 0 Å². The SMILES string of the molecule is [C-]#[N+]Cc1ccc(Cl)s1. The standard InChI is InChI=1S/C6H4ClNS/c1-8-4-5-2-3-6(7)9-5/h2-3H,4H2. The van der Waals surface area contributed by atoms with E-state index in [4.69, 9.17) is 18.2 Å². The summed E-state index contributed by atoms with van der Waals surface area (Å²) < 4.78 is 0.758. The summed E-state index contributed by atoms with van der Waals surface area (Å²) in [5.74, 6) is 0. The minimum atomic E-state index is 0.456. The smallest absolute Gasteiger partial charge is 0.248 e. The summed E-state index contributed by atoms with van der Waals surface area (Å²) >= 11 is 7.08. The number of hydrogen-bond donors (Lipinski definition) is 0. The van der Waals surface area contributed by atoms with Crippen molar-refractivity contribution in [2.24, 2.45) is 0 Å². The van der Waals surface area contributed by atoms with Crippen molar-refractivity contribution in [1.82, 2.24) is 0 Å². The van der Waals surface area contributed by atoms with E-state index in [-0.39, 0.29) is 0 Å². The van der Waals surface area contributed by atoms with Crippen molar-refractivity contribution in [3.8, 4) is 0 Å². The van der Waals surface area contributed by atoms with Gasteiger partial charge in [0.15, 0.2) is 0 Å². The molecular formula is C6H4ClNS. The van der Waals surface area contributed by atoms with Gasteiger partial charge in [-0.2, -0.15) is 0 Å². The molecule has 0 radical (unpaired) electrons. The number of nitrogens with zero attached hydrogens (tertiary/aromatic N) is 1. The van der Waals surface area contributed by atoms with Crippen LogP contribution in [0.3, 0.4) is 0 Å². The molecule has 1 rings (SSSR count). The van der Waals surface area contributed by atoms with Gasteiger partial charge in [0, 0.05) is 0 Å². The van der Waals surface area contributed by atoms with Gasteiger partial charge in [-0.25, -0.2) is 6.57 Å². The topological polar surface area (TPSA) is 4.36 Å². The van der Waals surface area contributed by atoms with Gasteiger partial charge >= 0.3 is 0 Å². The Balaban J connectivity index is 2.76. The minimum Gasteiger partial charge on any atom is -0.311 e. The molecule has 1 aromatic rings. The van der Waals surface area contributed by atoms with E-state index >= 15 is 0 Å². The fraction of sp³-hybridized carbons (Fsp3) is 0.167. The normalized spacial score (nSPS) is 8.89. The quantitative estimate of drug-likeness (QED) is 0.553. The van der Waals surface area contributed by atoms with Gasteiger partial charge in [0.2, 0.25) is 6.54 Å². The second kappa shape index (κ2) is 2.86. The van der Waals surface area contributed by atoms with Crippen LogP contribution in [0.2, 0.25) is 4.34 Å². The molecular weight excluding hydrogens is 154 g/mol. The molecule has 0 saturated carbocycles. The van der Waals surface area contributed by atoms with Crippen molar-refractivity contribution in [2.45, 2.75) is 6.54 Å². The Kier molecular flexibility index (Phi) is 2.10. The van der Waals surface area contributed by atoms with Crippen molar-refractivity contribution in [3.63, 3.8) is 0 Å². The first kappa shape index (κ1) is 6.60. The lowest BCUT2D eigenvalue weighted by Gasteiger charge is -1.75. The van der Waals surface area contributed by atoms with Gasteiger partial charge in [-0.1, -0.05) is 11.6 Å². The minimum absolute atomic E-state index is 0.456. The van der Waals surface area contributed by atoms with Crippen LogP contribution in [0, 0.1) is 6.57 Å². The van der Waals surface area contributed by atoms with E-state index in [1.807, 2.05) is 12.1 Å². The highest BCUT2D eigenvalue weighted by Gasteiger charge is 1.97. The monoisotopic (exact) mass is 157 g/mol. The second-order valence-electron chi connectivity index (χ2n) is 1.52. The first-order valence-corrected chi connectivity index (χ1v) is 3.60. The van der Waals surface area contributed by atoms with Gasteiger partial charge in [-0.15, -0.1) is 11.3 Å². The maximum Gasteiger partial charge on any atom is 0.248 e. The average Bonchev–Trinajstić information content (AvgIpc) is 2.17. The van der Waals surface area contributed by atoms with Crippen LogP contribution in [0.15, 0.2) is 12.1 Å². The summed E-state index contributed by atoms with van der Waals surface area (Å²) in [6.07, 6.45) is 0. The van der Waals surface area contributed by atoms with Crippen LogP contribution in [0.1, 0.15) is 4.88 Å². The van der Waals surface area contributed by atoms with Crippen molar-refractivity contribution < 1.29 is 0 Å². The molecule has 0 amide bonds. The van der Waals surface area contributed by atoms with E-state index in [1.54, 1.807) is 0 Å². The molecule has 0 aliphatic carbocycles. The Bertz CT molecular complexity index is 235. The summed E-state index contributed by atoms with van der Waals surface area (Å²) in [4.78, 5) is 4.26. The molecule has 1 heterocycles. The van der Waals surface area contributed by atoms with Gasteiger partial charge in [-0.05, 0) is 12.1 Å². The van der Waals surface area contributed by atoms with Crippen molar-refractivity contribution in [3.05, 3.63) is 32.8 Å². The van der Waals surface area contributed by atoms with Crippen LogP contribution in [-0.4, -0.2) is 0 Å². The zero-order chi connectivity index (χ0) is 6.69. The largest absolute Gasteiger partial charge is 0.311 e. The van der Waals surface area contributed by atoms with Crippen LogP contribution >= 0.6 is 22.9 Å². The molecule has 1 nitrogen and oxygen atoms in total. The number of halogens is 1. The maximum absolute atomic E-state index is 6.54. The van der Waals surface area contributed by atoms with Gasteiger partial charge < -0.3 is 4.85 Å². The Labute approximate surface area is 62.7 Å². The number of thiophene rings is 1. The Morgan fingerprint density at radius 2 is 2.44 bits per heavy atom. The van der Waals surface area contributed by atoms with Crippen molar-refractivity contribution in [2.75, 3.05) is 0 Å². The summed E-state index contributed by atoms with van der Waals surface area (Å²) in [6.45, 7) is 6.99. The van der Waals surface area contributed by atoms with E-state index in [0.29, 0.717) is 6.54 Å². The van der Waals surface area contributed by atoms with E-state index in [1.165, 1.54) is 11.3 Å². The lowest BCUT2D eigenvalue weighted by atomic mass is 10.5. The summed E-state index contributed by atoms with van der Waals surface area (Å²) in [5.41, 5.74) is 0. The van der Waals surface area contributed by atoms with Crippen molar-refractivity contribution >= 4 is 22.9 Å². The molecule has 0 aromatic carbocycles. The van der Waals surface area contributed by atoms with Crippen LogP contribution < -0.4 is 0 Å². The summed E-state index contributed by atoms with van der Waals surface area (Å²) in [7, 11) is 0. The van der Waals surface area contributed by atoms with E-state index in [0.717, 1.165) is 9.21 Å². The van der Waals surface area contributed by atoms with Crippen molar-refractivity contribution in [1.29, 1.82) is 0 Å². The highest BCUT2D eigenvalue weighted by Crippen LogP contribution is 2.21. The molecule has 0 atom stereocenters. The molecule has 0 N–H and O–H groups in total. The molecule has 0 aliphatic rings. The van der Waals surface area contributed by atoms with Gasteiger partial charge in [-0.3, -0.25) is 0 Å². The molecule has 9 heavy (non-hydrogen) atoms. The highest BCUT2D eigenvalue weighted by atomic mass is 35.5. The van der Waals surface area contributed by atoms with Gasteiger partial charge in [0.25, 0.3) is 0 Å². The molecule has 0 spiro atoms. The molecule has 3 heteroatoms. The molecule has 0 bridgehead atoms. The summed E-state index contributed by atoms with van der Waals surface area (Å²) in [6, 6.07) is 3.69. The third-order valence-electron chi connectivity index (χ3n) is 0.864. The Morgan fingerprint density at radius 1 is 1.67 bits per heavy atom. The van der Waals surface area contributed by atoms with E-state index in [9.17, 15) is 0 Å². The Morgan fingerprint density at radius 3 is 2.89 bits per heavy atom. The predicted octanol–water partition coefficient (Wildman–Crippen LogP) is 2.82. The zero-order valence-electron chi connectivity index (χ0n) is 4.60.